The summed E-state index contributed by atoms with van der Waals surface area (Å²) in [4.78, 5) is 0. The summed E-state index contributed by atoms with van der Waals surface area (Å²) in [7, 11) is 0. The Morgan fingerprint density at radius 1 is 0.700 bits per heavy atom. The van der Waals surface area contributed by atoms with Crippen molar-refractivity contribution in [1.29, 1.82) is 0 Å². The average Bonchev–Trinajstić information content (AvgIpc) is 2.81. The molecule has 3 aromatic rings. The Morgan fingerprint density at radius 2 is 1.27 bits per heavy atom. The van der Waals surface area contributed by atoms with E-state index in [4.69, 9.17) is 0 Å². The molecule has 216 valence electrons. The van der Waals surface area contributed by atoms with Crippen molar-refractivity contribution < 1.29 is 48.6 Å². The third kappa shape index (κ3) is 6.79. The molecule has 0 aromatic heterocycles. The van der Waals surface area contributed by atoms with Crippen LogP contribution in [0.25, 0.3) is 11.1 Å². The van der Waals surface area contributed by atoms with Crippen LogP contribution in [-0.2, 0) is 23.7 Å². The molecule has 1 nitrogen and oxygen atoms in total. The fraction of sp³-hybridized carbons (Fsp3) is 0.379. The van der Waals surface area contributed by atoms with E-state index in [9.17, 15) is 43.9 Å². The van der Waals surface area contributed by atoms with Crippen LogP contribution in [-0.4, -0.2) is 6.36 Å². The lowest BCUT2D eigenvalue weighted by molar-refractivity contribution is -0.432. The first-order chi connectivity index (χ1) is 18.6. The SMILES string of the molecule is CC1CCC(c2ccc(-c3cc(F)c(CCc4cc(F)c(C(F)(F)OC(F)(F)F)c(F)c4)c(F)c3)c(F)c2)CC1. The van der Waals surface area contributed by atoms with Crippen LogP contribution >= 0.6 is 0 Å². The summed E-state index contributed by atoms with van der Waals surface area (Å²) in [5.41, 5.74) is -2.36. The van der Waals surface area contributed by atoms with Gasteiger partial charge in [0.05, 0.1) is 0 Å². The van der Waals surface area contributed by atoms with Gasteiger partial charge in [-0.05, 0) is 84.5 Å². The van der Waals surface area contributed by atoms with Crippen LogP contribution in [0.15, 0.2) is 42.5 Å². The fourth-order valence-corrected chi connectivity index (χ4v) is 5.12. The van der Waals surface area contributed by atoms with Gasteiger partial charge in [0.25, 0.3) is 0 Å². The maximum absolute atomic E-state index is 14.9. The van der Waals surface area contributed by atoms with Gasteiger partial charge in [-0.3, -0.25) is 0 Å². The standard InChI is InChI=1S/C29H24F10O/c1-15-2-5-17(6-3-15)18-7-9-20(22(30)12-18)19-13-23(31)21(24(32)14-19)8-4-16-10-25(33)27(26(34)11-16)28(35,36)40-29(37,38)39/h7,9-15,17H,2-6,8H2,1H3. The van der Waals surface area contributed by atoms with E-state index in [1.165, 1.54) is 12.1 Å². The van der Waals surface area contributed by atoms with Gasteiger partial charge >= 0.3 is 12.5 Å². The van der Waals surface area contributed by atoms with Crippen LogP contribution < -0.4 is 0 Å². The molecule has 4 rings (SSSR count). The molecule has 0 N–H and O–H groups in total. The molecule has 1 aliphatic rings. The van der Waals surface area contributed by atoms with Crippen molar-refractivity contribution in [1.82, 2.24) is 0 Å². The molecule has 0 saturated heterocycles. The minimum atomic E-state index is -5.87. The first-order valence-electron chi connectivity index (χ1n) is 12.6. The Balaban J connectivity index is 1.51. The van der Waals surface area contributed by atoms with Gasteiger partial charge in [-0.15, -0.1) is 13.2 Å². The van der Waals surface area contributed by atoms with Gasteiger partial charge in [-0.1, -0.05) is 31.9 Å². The summed E-state index contributed by atoms with van der Waals surface area (Å²) in [5, 5.41) is 0. The molecule has 3 aromatic carbocycles. The Kier molecular flexibility index (Phi) is 8.54. The van der Waals surface area contributed by atoms with Crippen LogP contribution in [0.1, 0.15) is 60.8 Å². The Hall–Kier alpha value is -3.08. The predicted octanol–water partition coefficient (Wildman–Crippen LogP) is 9.71. The van der Waals surface area contributed by atoms with Crippen LogP contribution in [0.2, 0.25) is 0 Å². The van der Waals surface area contributed by atoms with Gasteiger partial charge < -0.3 is 0 Å². The molecular formula is C29H24F10O. The molecule has 0 unspecified atom stereocenters. The highest BCUT2D eigenvalue weighted by Gasteiger charge is 2.49. The van der Waals surface area contributed by atoms with Gasteiger partial charge in [-0.25, -0.2) is 26.7 Å². The number of hydrogen-bond donors (Lipinski definition) is 0. The number of ether oxygens (including phenoxy) is 1. The second kappa shape index (κ2) is 11.4. The van der Waals surface area contributed by atoms with Crippen LogP contribution in [0.4, 0.5) is 43.9 Å². The van der Waals surface area contributed by atoms with Gasteiger partial charge in [-0.2, -0.15) is 8.78 Å². The van der Waals surface area contributed by atoms with Gasteiger partial charge in [0, 0.05) is 11.1 Å². The summed E-state index contributed by atoms with van der Waals surface area (Å²) in [6, 6.07) is 7.06. The molecule has 0 amide bonds. The third-order valence-corrected chi connectivity index (χ3v) is 7.23. The van der Waals surface area contributed by atoms with Crippen molar-refractivity contribution in [2.24, 2.45) is 5.92 Å². The number of rotatable bonds is 7. The zero-order valence-electron chi connectivity index (χ0n) is 21.1. The molecule has 1 aliphatic carbocycles. The molecule has 40 heavy (non-hydrogen) atoms. The normalized spacial score (nSPS) is 18.3. The zero-order chi connectivity index (χ0) is 29.4. The molecule has 0 atom stereocenters. The van der Waals surface area contributed by atoms with E-state index in [0.29, 0.717) is 18.1 Å². The van der Waals surface area contributed by atoms with E-state index in [-0.39, 0.29) is 22.6 Å². The van der Waals surface area contributed by atoms with Crippen LogP contribution in [0.5, 0.6) is 0 Å². The highest BCUT2D eigenvalue weighted by atomic mass is 19.4. The topological polar surface area (TPSA) is 9.23 Å². The minimum Gasteiger partial charge on any atom is -0.222 e. The Morgan fingerprint density at radius 3 is 1.80 bits per heavy atom. The predicted molar refractivity (Wildman–Crippen MR) is 127 cm³/mol. The van der Waals surface area contributed by atoms with E-state index >= 15 is 0 Å². The lowest BCUT2D eigenvalue weighted by Crippen LogP contribution is -2.29. The van der Waals surface area contributed by atoms with Crippen molar-refractivity contribution in [3.05, 3.63) is 93.8 Å². The second-order valence-electron chi connectivity index (χ2n) is 10.1. The number of alkyl halides is 5. The second-order valence-corrected chi connectivity index (χ2v) is 10.1. The molecule has 0 heterocycles. The molecule has 1 saturated carbocycles. The zero-order valence-corrected chi connectivity index (χ0v) is 21.1. The number of halogens is 10. The van der Waals surface area contributed by atoms with E-state index in [2.05, 4.69) is 11.7 Å². The lowest BCUT2D eigenvalue weighted by Gasteiger charge is -2.26. The summed E-state index contributed by atoms with van der Waals surface area (Å²) in [5.74, 6) is -6.00. The molecule has 0 radical (unpaired) electrons. The Labute approximate surface area is 223 Å². The maximum atomic E-state index is 14.9. The van der Waals surface area contributed by atoms with E-state index in [0.717, 1.165) is 43.4 Å². The molecule has 0 aliphatic heterocycles. The van der Waals surface area contributed by atoms with E-state index < -0.39 is 65.5 Å². The first kappa shape index (κ1) is 29.9. The molecule has 0 bridgehead atoms. The van der Waals surface area contributed by atoms with Gasteiger partial charge in [0.2, 0.25) is 0 Å². The van der Waals surface area contributed by atoms with Crippen molar-refractivity contribution in [3.8, 4) is 11.1 Å². The fourth-order valence-electron chi connectivity index (χ4n) is 5.12. The quantitative estimate of drug-likeness (QED) is 0.254. The van der Waals surface area contributed by atoms with Gasteiger partial charge in [0.15, 0.2) is 0 Å². The molecule has 0 spiro atoms. The first-order valence-corrected chi connectivity index (χ1v) is 12.6. The largest absolute Gasteiger partial charge is 0.527 e. The Bertz CT molecular complexity index is 1330. The summed E-state index contributed by atoms with van der Waals surface area (Å²) < 4.78 is 139. The average molecular weight is 578 g/mol. The van der Waals surface area contributed by atoms with Crippen molar-refractivity contribution >= 4 is 0 Å². The van der Waals surface area contributed by atoms with Gasteiger partial charge in [0.1, 0.15) is 34.6 Å². The lowest BCUT2D eigenvalue weighted by atomic mass is 9.79. The summed E-state index contributed by atoms with van der Waals surface area (Å²) in [6.07, 6.45) is -8.22. The monoisotopic (exact) mass is 578 g/mol. The highest BCUT2D eigenvalue weighted by Crippen LogP contribution is 2.40. The summed E-state index contributed by atoms with van der Waals surface area (Å²) >= 11 is 0. The smallest absolute Gasteiger partial charge is 0.222 e. The highest BCUT2D eigenvalue weighted by molar-refractivity contribution is 5.65. The summed E-state index contributed by atoms with van der Waals surface area (Å²) in [6.45, 7) is 2.16. The van der Waals surface area contributed by atoms with Crippen molar-refractivity contribution in [2.45, 2.75) is 63.8 Å². The van der Waals surface area contributed by atoms with Crippen LogP contribution in [0.3, 0.4) is 0 Å². The number of benzene rings is 3. The van der Waals surface area contributed by atoms with Crippen molar-refractivity contribution in [2.75, 3.05) is 0 Å². The number of hydrogen-bond acceptors (Lipinski definition) is 1. The molecular weight excluding hydrogens is 554 g/mol. The van der Waals surface area contributed by atoms with Crippen molar-refractivity contribution in [3.63, 3.8) is 0 Å². The van der Waals surface area contributed by atoms with E-state index in [1.807, 2.05) is 0 Å². The number of aryl methyl sites for hydroxylation is 1. The van der Waals surface area contributed by atoms with Crippen LogP contribution in [0, 0.1) is 35.0 Å². The minimum absolute atomic E-state index is 0.0148. The maximum Gasteiger partial charge on any atom is 0.527 e. The third-order valence-electron chi connectivity index (χ3n) is 7.23. The molecule has 1 fully saturated rings. The van der Waals surface area contributed by atoms with E-state index in [1.54, 1.807) is 6.07 Å². The molecule has 11 heteroatoms.